The Morgan fingerprint density at radius 1 is 0.957 bits per heavy atom. The van der Waals surface area contributed by atoms with Crippen molar-refractivity contribution >= 4 is 11.0 Å². The second-order valence-corrected chi connectivity index (χ2v) is 7.20. The summed E-state index contributed by atoms with van der Waals surface area (Å²) < 4.78 is 5.79. The molecule has 2 heteroatoms. The molecule has 0 amide bonds. The lowest BCUT2D eigenvalue weighted by Gasteiger charge is -2.29. The van der Waals surface area contributed by atoms with Crippen molar-refractivity contribution in [3.8, 4) is 0 Å². The van der Waals surface area contributed by atoms with Crippen molar-refractivity contribution in [1.29, 1.82) is 0 Å². The Labute approximate surface area is 141 Å². The predicted molar refractivity (Wildman–Crippen MR) is 98.9 cm³/mol. The van der Waals surface area contributed by atoms with Gasteiger partial charge >= 0.3 is 0 Å². The molecule has 2 rings (SSSR count). The SMILES string of the molecule is CCCCCCC(C)(CCCCCC)c1coc2cnccc12. The third-order valence-electron chi connectivity index (χ3n) is 5.19. The van der Waals surface area contributed by atoms with Crippen LogP contribution in [0.4, 0.5) is 0 Å². The topological polar surface area (TPSA) is 26.0 Å². The first-order chi connectivity index (χ1) is 11.2. The predicted octanol–water partition coefficient (Wildman–Crippen LogP) is 7.03. The lowest BCUT2D eigenvalue weighted by molar-refractivity contribution is 0.363. The third-order valence-corrected chi connectivity index (χ3v) is 5.19. The van der Waals surface area contributed by atoms with Gasteiger partial charge in [0, 0.05) is 17.1 Å². The van der Waals surface area contributed by atoms with E-state index in [0.717, 1.165) is 5.58 Å². The van der Waals surface area contributed by atoms with Crippen LogP contribution in [-0.2, 0) is 5.41 Å². The minimum absolute atomic E-state index is 0.230. The molecule has 0 fully saturated rings. The normalized spacial score (nSPS) is 12.1. The number of rotatable bonds is 11. The highest BCUT2D eigenvalue weighted by molar-refractivity contribution is 5.81. The lowest BCUT2D eigenvalue weighted by Crippen LogP contribution is -2.21. The molecule has 0 aromatic carbocycles. The standard InChI is InChI=1S/C21H33NO/c1-4-6-8-10-13-21(3,14-11-9-7-5-2)19-17-23-20-16-22-15-12-18(19)20/h12,15-17H,4-11,13-14H2,1-3H3. The van der Waals surface area contributed by atoms with Gasteiger partial charge in [-0.2, -0.15) is 0 Å². The summed E-state index contributed by atoms with van der Waals surface area (Å²) in [6, 6.07) is 2.12. The molecule has 0 spiro atoms. The summed E-state index contributed by atoms with van der Waals surface area (Å²) in [5.41, 5.74) is 2.55. The maximum Gasteiger partial charge on any atom is 0.152 e. The molecule has 0 aliphatic rings. The fraction of sp³-hybridized carbons (Fsp3) is 0.667. The Morgan fingerprint density at radius 2 is 1.61 bits per heavy atom. The number of hydrogen-bond donors (Lipinski definition) is 0. The molecule has 0 unspecified atom stereocenters. The summed E-state index contributed by atoms with van der Waals surface area (Å²) in [6.07, 6.45) is 18.9. The number of hydrogen-bond acceptors (Lipinski definition) is 2. The average Bonchev–Trinajstić information content (AvgIpc) is 3.01. The number of aromatic nitrogens is 1. The van der Waals surface area contributed by atoms with E-state index in [0.29, 0.717) is 0 Å². The summed E-state index contributed by atoms with van der Waals surface area (Å²) in [6.45, 7) is 7.00. The number of furan rings is 1. The van der Waals surface area contributed by atoms with E-state index in [1.807, 2.05) is 18.7 Å². The summed E-state index contributed by atoms with van der Waals surface area (Å²) in [4.78, 5) is 4.19. The highest BCUT2D eigenvalue weighted by atomic mass is 16.3. The van der Waals surface area contributed by atoms with Gasteiger partial charge in [-0.25, -0.2) is 0 Å². The summed E-state index contributed by atoms with van der Waals surface area (Å²) in [5.74, 6) is 0. The molecule has 0 aliphatic carbocycles. The number of nitrogens with zero attached hydrogens (tertiary/aromatic N) is 1. The zero-order chi connectivity index (χ0) is 16.5. The van der Waals surface area contributed by atoms with Crippen LogP contribution in [0.3, 0.4) is 0 Å². The Morgan fingerprint density at radius 3 is 2.22 bits per heavy atom. The van der Waals surface area contributed by atoms with E-state index < -0.39 is 0 Å². The van der Waals surface area contributed by atoms with E-state index in [2.05, 4.69) is 31.8 Å². The molecule has 128 valence electrons. The number of fused-ring (bicyclic) bond motifs is 1. The summed E-state index contributed by atoms with van der Waals surface area (Å²) >= 11 is 0. The fourth-order valence-corrected chi connectivity index (χ4v) is 3.63. The van der Waals surface area contributed by atoms with Crippen LogP contribution >= 0.6 is 0 Å². The van der Waals surface area contributed by atoms with Gasteiger partial charge in [0.25, 0.3) is 0 Å². The van der Waals surface area contributed by atoms with Crippen molar-refractivity contribution in [2.24, 2.45) is 0 Å². The zero-order valence-electron chi connectivity index (χ0n) is 15.2. The molecule has 0 aliphatic heterocycles. The van der Waals surface area contributed by atoms with Gasteiger partial charge in [-0.3, -0.25) is 4.98 Å². The van der Waals surface area contributed by atoms with Crippen molar-refractivity contribution in [3.05, 3.63) is 30.3 Å². The van der Waals surface area contributed by atoms with Crippen LogP contribution in [0.5, 0.6) is 0 Å². The van der Waals surface area contributed by atoms with Gasteiger partial charge in [0.1, 0.15) is 0 Å². The van der Waals surface area contributed by atoms with Crippen LogP contribution in [-0.4, -0.2) is 4.98 Å². The van der Waals surface area contributed by atoms with Crippen LogP contribution in [0.2, 0.25) is 0 Å². The zero-order valence-corrected chi connectivity index (χ0v) is 15.2. The van der Waals surface area contributed by atoms with Gasteiger partial charge in [-0.05, 0) is 24.3 Å². The Bertz CT molecular complexity index is 560. The molecule has 2 heterocycles. The van der Waals surface area contributed by atoms with Crippen LogP contribution in [0.15, 0.2) is 29.1 Å². The van der Waals surface area contributed by atoms with Gasteiger partial charge in [0.15, 0.2) is 5.58 Å². The van der Waals surface area contributed by atoms with E-state index in [1.165, 1.54) is 75.2 Å². The van der Waals surface area contributed by atoms with E-state index >= 15 is 0 Å². The van der Waals surface area contributed by atoms with Gasteiger partial charge in [-0.1, -0.05) is 72.1 Å². The largest absolute Gasteiger partial charge is 0.462 e. The molecule has 0 N–H and O–H groups in total. The molecule has 2 nitrogen and oxygen atoms in total. The van der Waals surface area contributed by atoms with Gasteiger partial charge in [0.2, 0.25) is 0 Å². The van der Waals surface area contributed by atoms with Crippen LogP contribution < -0.4 is 0 Å². The first-order valence-electron chi connectivity index (χ1n) is 9.53. The summed E-state index contributed by atoms with van der Waals surface area (Å²) in [5, 5.41) is 1.26. The second-order valence-electron chi connectivity index (χ2n) is 7.20. The molecule has 0 radical (unpaired) electrons. The van der Waals surface area contributed by atoms with Crippen molar-refractivity contribution in [2.75, 3.05) is 0 Å². The Kier molecular flexibility index (Phi) is 7.14. The van der Waals surface area contributed by atoms with Crippen LogP contribution in [0.1, 0.15) is 90.5 Å². The number of pyridine rings is 1. The minimum atomic E-state index is 0.230. The first-order valence-corrected chi connectivity index (χ1v) is 9.53. The molecule has 2 aromatic rings. The van der Waals surface area contributed by atoms with Crippen LogP contribution in [0.25, 0.3) is 11.0 Å². The van der Waals surface area contributed by atoms with E-state index in [-0.39, 0.29) is 5.41 Å². The Balaban J connectivity index is 2.14. The lowest BCUT2D eigenvalue weighted by atomic mass is 9.74. The molecule has 0 saturated carbocycles. The quantitative estimate of drug-likeness (QED) is 0.416. The van der Waals surface area contributed by atoms with Gasteiger partial charge in [0.05, 0.1) is 12.5 Å². The molecular weight excluding hydrogens is 282 g/mol. The Hall–Kier alpha value is -1.31. The van der Waals surface area contributed by atoms with Gasteiger partial charge in [-0.15, -0.1) is 0 Å². The summed E-state index contributed by atoms with van der Waals surface area (Å²) in [7, 11) is 0. The smallest absolute Gasteiger partial charge is 0.152 e. The number of unbranched alkanes of at least 4 members (excludes halogenated alkanes) is 6. The second kappa shape index (κ2) is 9.10. The fourth-order valence-electron chi connectivity index (χ4n) is 3.63. The maximum atomic E-state index is 5.79. The molecule has 23 heavy (non-hydrogen) atoms. The van der Waals surface area contributed by atoms with Gasteiger partial charge < -0.3 is 4.42 Å². The minimum Gasteiger partial charge on any atom is -0.462 e. The highest BCUT2D eigenvalue weighted by Crippen LogP contribution is 2.39. The highest BCUT2D eigenvalue weighted by Gasteiger charge is 2.29. The van der Waals surface area contributed by atoms with E-state index in [1.54, 1.807) is 0 Å². The monoisotopic (exact) mass is 315 g/mol. The molecule has 2 aromatic heterocycles. The van der Waals surface area contributed by atoms with E-state index in [9.17, 15) is 0 Å². The molecule has 0 atom stereocenters. The van der Waals surface area contributed by atoms with Crippen molar-refractivity contribution in [2.45, 2.75) is 90.4 Å². The van der Waals surface area contributed by atoms with E-state index in [4.69, 9.17) is 4.42 Å². The molecule has 0 bridgehead atoms. The molecule has 0 saturated heterocycles. The molecular formula is C21H33NO. The third kappa shape index (κ3) is 4.83. The first kappa shape index (κ1) is 18.0. The van der Waals surface area contributed by atoms with Crippen molar-refractivity contribution in [3.63, 3.8) is 0 Å². The van der Waals surface area contributed by atoms with Crippen molar-refractivity contribution < 1.29 is 4.42 Å². The maximum absolute atomic E-state index is 5.79. The van der Waals surface area contributed by atoms with Crippen molar-refractivity contribution in [1.82, 2.24) is 4.98 Å². The van der Waals surface area contributed by atoms with Crippen LogP contribution in [0, 0.1) is 0 Å². The average molecular weight is 316 g/mol.